The second kappa shape index (κ2) is 7.51. The van der Waals surface area contributed by atoms with E-state index in [0.717, 1.165) is 21.8 Å². The van der Waals surface area contributed by atoms with Crippen LogP contribution in [-0.2, 0) is 6.54 Å². The first kappa shape index (κ1) is 17.1. The number of hydrogen-bond acceptors (Lipinski definition) is 5. The van der Waals surface area contributed by atoms with E-state index in [4.69, 9.17) is 5.10 Å². The van der Waals surface area contributed by atoms with E-state index in [2.05, 4.69) is 9.97 Å². The average Bonchev–Trinajstić information content (AvgIpc) is 3.38. The van der Waals surface area contributed by atoms with Gasteiger partial charge in [-0.3, -0.25) is 9.78 Å². The van der Waals surface area contributed by atoms with Gasteiger partial charge in [0.15, 0.2) is 0 Å². The molecular weight excluding hydrogens is 358 g/mol. The van der Waals surface area contributed by atoms with Crippen molar-refractivity contribution in [2.75, 3.05) is 7.05 Å². The Morgan fingerprint density at radius 3 is 2.70 bits per heavy atom. The Kier molecular flexibility index (Phi) is 4.76. The first-order valence-corrected chi connectivity index (χ1v) is 9.29. The van der Waals surface area contributed by atoms with Gasteiger partial charge in [0.05, 0.1) is 16.8 Å². The van der Waals surface area contributed by atoms with Gasteiger partial charge in [0.1, 0.15) is 11.4 Å². The van der Waals surface area contributed by atoms with Gasteiger partial charge in [-0.15, -0.1) is 11.3 Å². The lowest BCUT2D eigenvalue weighted by atomic mass is 10.2. The van der Waals surface area contributed by atoms with E-state index in [0.29, 0.717) is 12.2 Å². The van der Waals surface area contributed by atoms with E-state index < -0.39 is 0 Å². The maximum Gasteiger partial charge on any atom is 0.274 e. The number of carbonyl (C=O) groups excluding carboxylic acids is 1. The van der Waals surface area contributed by atoms with Crippen molar-refractivity contribution < 1.29 is 4.79 Å². The minimum atomic E-state index is -0.173. The highest BCUT2D eigenvalue weighted by atomic mass is 32.1. The topological polar surface area (TPSA) is 63.9 Å². The predicted molar refractivity (Wildman–Crippen MR) is 105 cm³/mol. The molecule has 6 nitrogen and oxygen atoms in total. The number of benzene rings is 1. The van der Waals surface area contributed by atoms with Crippen LogP contribution in [0.15, 0.2) is 72.6 Å². The first-order valence-electron chi connectivity index (χ1n) is 8.41. The van der Waals surface area contributed by atoms with Crippen molar-refractivity contribution in [2.45, 2.75) is 6.54 Å². The Hall–Kier alpha value is -3.32. The van der Waals surface area contributed by atoms with Crippen molar-refractivity contribution in [1.82, 2.24) is 24.6 Å². The van der Waals surface area contributed by atoms with Gasteiger partial charge < -0.3 is 4.90 Å². The third-order valence-corrected chi connectivity index (χ3v) is 4.98. The summed E-state index contributed by atoms with van der Waals surface area (Å²) in [6.07, 6.45) is 6.53. The number of aromatic nitrogens is 4. The number of carbonyl (C=O) groups is 1. The van der Waals surface area contributed by atoms with Crippen molar-refractivity contribution >= 4 is 17.2 Å². The lowest BCUT2D eigenvalue weighted by molar-refractivity contribution is 0.0779. The van der Waals surface area contributed by atoms with Gasteiger partial charge in [0.2, 0.25) is 0 Å². The number of rotatable bonds is 5. The quantitative estimate of drug-likeness (QED) is 0.534. The molecule has 0 N–H and O–H groups in total. The van der Waals surface area contributed by atoms with Crippen molar-refractivity contribution in [2.24, 2.45) is 0 Å². The van der Waals surface area contributed by atoms with E-state index in [-0.39, 0.29) is 5.91 Å². The van der Waals surface area contributed by atoms with Gasteiger partial charge >= 0.3 is 0 Å². The van der Waals surface area contributed by atoms with Crippen molar-refractivity contribution in [3.8, 4) is 16.3 Å². The summed E-state index contributed by atoms with van der Waals surface area (Å²) >= 11 is 1.63. The van der Waals surface area contributed by atoms with Gasteiger partial charge in [0, 0.05) is 37.7 Å². The van der Waals surface area contributed by atoms with Gasteiger partial charge in [0.25, 0.3) is 5.91 Å². The minimum absolute atomic E-state index is 0.173. The molecule has 0 unspecified atom stereocenters. The van der Waals surface area contributed by atoms with Crippen LogP contribution in [0.1, 0.15) is 16.1 Å². The van der Waals surface area contributed by atoms with E-state index in [1.807, 2.05) is 58.7 Å². The summed E-state index contributed by atoms with van der Waals surface area (Å²) < 4.78 is 1.85. The molecule has 0 saturated heterocycles. The molecule has 0 aliphatic rings. The number of nitrogens with zero attached hydrogens (tertiary/aromatic N) is 5. The number of thiophene rings is 1. The highest BCUT2D eigenvalue weighted by Gasteiger charge is 2.19. The van der Waals surface area contributed by atoms with E-state index in [1.165, 1.54) is 12.4 Å². The molecule has 0 atom stereocenters. The second-order valence-electron chi connectivity index (χ2n) is 6.01. The largest absolute Gasteiger partial charge is 0.336 e. The molecule has 0 aliphatic carbocycles. The molecule has 0 bridgehead atoms. The normalized spacial score (nSPS) is 10.7. The van der Waals surface area contributed by atoms with Crippen LogP contribution in [0.3, 0.4) is 0 Å². The fourth-order valence-corrected chi connectivity index (χ4v) is 3.54. The molecule has 3 heterocycles. The van der Waals surface area contributed by atoms with Crippen LogP contribution < -0.4 is 0 Å². The molecule has 0 spiro atoms. The van der Waals surface area contributed by atoms with E-state index >= 15 is 0 Å². The number of hydrogen-bond donors (Lipinski definition) is 0. The summed E-state index contributed by atoms with van der Waals surface area (Å²) in [4.78, 5) is 23.4. The van der Waals surface area contributed by atoms with Crippen LogP contribution in [0.2, 0.25) is 0 Å². The number of para-hydroxylation sites is 1. The fourth-order valence-electron chi connectivity index (χ4n) is 2.79. The zero-order valence-corrected chi connectivity index (χ0v) is 15.5. The van der Waals surface area contributed by atoms with Crippen molar-refractivity contribution in [3.05, 3.63) is 83.9 Å². The Morgan fingerprint density at radius 2 is 2.00 bits per heavy atom. The molecule has 0 fully saturated rings. The van der Waals surface area contributed by atoms with Crippen LogP contribution in [0.25, 0.3) is 16.3 Å². The molecule has 7 heteroatoms. The van der Waals surface area contributed by atoms with Crippen LogP contribution in [0.4, 0.5) is 0 Å². The summed E-state index contributed by atoms with van der Waals surface area (Å²) in [7, 11) is 1.76. The van der Waals surface area contributed by atoms with Crippen LogP contribution in [-0.4, -0.2) is 37.6 Å². The molecule has 1 aromatic carbocycles. The molecule has 0 saturated carbocycles. The van der Waals surface area contributed by atoms with Gasteiger partial charge in [-0.25, -0.2) is 9.67 Å². The Bertz CT molecular complexity index is 1030. The zero-order chi connectivity index (χ0) is 18.6. The maximum atomic E-state index is 12.6. The molecule has 3 aromatic heterocycles. The highest BCUT2D eigenvalue weighted by molar-refractivity contribution is 7.13. The smallest absolute Gasteiger partial charge is 0.274 e. The summed E-state index contributed by atoms with van der Waals surface area (Å²) in [5, 5.41) is 6.79. The molecule has 27 heavy (non-hydrogen) atoms. The van der Waals surface area contributed by atoms with Crippen molar-refractivity contribution in [1.29, 1.82) is 0 Å². The third-order valence-electron chi connectivity index (χ3n) is 4.10. The zero-order valence-electron chi connectivity index (χ0n) is 14.7. The van der Waals surface area contributed by atoms with Gasteiger partial charge in [-0.05, 0) is 23.6 Å². The Labute approximate surface area is 160 Å². The monoisotopic (exact) mass is 375 g/mol. The number of amides is 1. The lowest BCUT2D eigenvalue weighted by Gasteiger charge is -2.16. The van der Waals surface area contributed by atoms with Crippen LogP contribution >= 0.6 is 11.3 Å². The first-order chi connectivity index (χ1) is 13.2. The minimum Gasteiger partial charge on any atom is -0.336 e. The van der Waals surface area contributed by atoms with E-state index in [9.17, 15) is 4.79 Å². The molecule has 1 amide bonds. The second-order valence-corrected chi connectivity index (χ2v) is 6.96. The highest BCUT2D eigenvalue weighted by Crippen LogP contribution is 2.28. The van der Waals surface area contributed by atoms with Crippen LogP contribution in [0, 0.1) is 0 Å². The summed E-state index contributed by atoms with van der Waals surface area (Å²) in [6.45, 7) is 0.426. The molecule has 134 valence electrons. The molecule has 0 radical (unpaired) electrons. The average molecular weight is 375 g/mol. The van der Waals surface area contributed by atoms with Gasteiger partial charge in [-0.1, -0.05) is 24.3 Å². The molecule has 4 aromatic rings. The molecule has 0 aliphatic heterocycles. The maximum absolute atomic E-state index is 12.6. The van der Waals surface area contributed by atoms with Gasteiger partial charge in [-0.2, -0.15) is 5.10 Å². The summed E-state index contributed by atoms with van der Waals surface area (Å²) in [5.41, 5.74) is 3.16. The standard InChI is InChI=1S/C20H17N5OS/c1-24(20(26)17-12-21-9-10-22-17)13-15-14-25(16-6-3-2-4-7-16)23-19(15)18-8-5-11-27-18/h2-12,14H,13H2,1H3. The van der Waals surface area contributed by atoms with Crippen LogP contribution in [0.5, 0.6) is 0 Å². The Morgan fingerprint density at radius 1 is 1.15 bits per heavy atom. The molecule has 4 rings (SSSR count). The van der Waals surface area contributed by atoms with Crippen molar-refractivity contribution in [3.63, 3.8) is 0 Å². The summed E-state index contributed by atoms with van der Waals surface area (Å²) in [5.74, 6) is -0.173. The summed E-state index contributed by atoms with van der Waals surface area (Å²) in [6, 6.07) is 14.0. The third kappa shape index (κ3) is 3.63. The fraction of sp³-hybridized carbons (Fsp3) is 0.100. The van der Waals surface area contributed by atoms with E-state index in [1.54, 1.807) is 29.5 Å². The molecular formula is C20H17N5OS. The lowest BCUT2D eigenvalue weighted by Crippen LogP contribution is -2.27. The predicted octanol–water partition coefficient (Wildman–Crippen LogP) is 3.66. The SMILES string of the molecule is CN(Cc1cn(-c2ccccc2)nc1-c1cccs1)C(=O)c1cnccn1. The Balaban J connectivity index is 1.67.